The highest BCUT2D eigenvalue weighted by Crippen LogP contribution is 2.25. The van der Waals surface area contributed by atoms with Crippen molar-refractivity contribution in [1.29, 1.82) is 0 Å². The van der Waals surface area contributed by atoms with Gasteiger partial charge >= 0.3 is 0 Å². The zero-order valence-electron chi connectivity index (χ0n) is 14.2. The Morgan fingerprint density at radius 1 is 1.04 bits per heavy atom. The molecule has 0 aliphatic heterocycles. The number of aryl methyl sites for hydroxylation is 2. The lowest BCUT2D eigenvalue weighted by Crippen LogP contribution is -2.33. The number of halogens is 1. The molecular formula is C21H18FN2O+. The zero-order chi connectivity index (χ0) is 17.4. The first kappa shape index (κ1) is 15.5. The summed E-state index contributed by atoms with van der Waals surface area (Å²) in [6.07, 6.45) is 3.84. The van der Waals surface area contributed by atoms with Crippen molar-refractivity contribution in [3.05, 3.63) is 83.4 Å². The molecule has 0 atom stereocenters. The lowest BCUT2D eigenvalue weighted by molar-refractivity contribution is -0.688. The predicted octanol–water partition coefficient (Wildman–Crippen LogP) is 4.59. The van der Waals surface area contributed by atoms with Crippen LogP contribution in [0.25, 0.3) is 22.6 Å². The fraction of sp³-hybridized carbons (Fsp3) is 0.143. The number of hydrogen-bond acceptors (Lipinski definition) is 2. The van der Waals surface area contributed by atoms with Crippen LogP contribution in [0, 0.1) is 19.7 Å². The molecule has 0 unspecified atom stereocenters. The Labute approximate surface area is 145 Å². The number of aromatic nitrogens is 2. The molecule has 4 heteroatoms. The summed E-state index contributed by atoms with van der Waals surface area (Å²) in [6.45, 7) is 4.58. The molecule has 0 bridgehead atoms. The largest absolute Gasteiger partial charge is 0.436 e. The second kappa shape index (κ2) is 6.13. The van der Waals surface area contributed by atoms with E-state index >= 15 is 0 Å². The smallest absolute Gasteiger partial charge is 0.233 e. The Balaban J connectivity index is 1.71. The number of oxazole rings is 1. The molecule has 124 valence electrons. The molecule has 0 fully saturated rings. The Bertz CT molecular complexity index is 1030. The Morgan fingerprint density at radius 3 is 2.68 bits per heavy atom. The molecule has 0 amide bonds. The van der Waals surface area contributed by atoms with E-state index in [1.165, 1.54) is 17.2 Å². The molecule has 0 saturated heterocycles. The van der Waals surface area contributed by atoms with Crippen molar-refractivity contribution in [2.75, 3.05) is 0 Å². The van der Waals surface area contributed by atoms with Gasteiger partial charge in [-0.1, -0.05) is 12.1 Å². The summed E-state index contributed by atoms with van der Waals surface area (Å²) in [5.41, 5.74) is 5.51. The van der Waals surface area contributed by atoms with Crippen molar-refractivity contribution < 1.29 is 13.4 Å². The highest BCUT2D eigenvalue weighted by molar-refractivity contribution is 5.77. The molecule has 2 aromatic carbocycles. The number of fused-ring (bicyclic) bond motifs is 1. The van der Waals surface area contributed by atoms with Crippen LogP contribution in [-0.2, 0) is 6.54 Å². The van der Waals surface area contributed by atoms with Gasteiger partial charge in [-0.3, -0.25) is 0 Å². The predicted molar refractivity (Wildman–Crippen MR) is 94.6 cm³/mol. The van der Waals surface area contributed by atoms with E-state index in [4.69, 9.17) is 4.42 Å². The van der Waals surface area contributed by atoms with Crippen LogP contribution in [0.1, 0.15) is 16.7 Å². The van der Waals surface area contributed by atoms with Gasteiger partial charge in [0.05, 0.1) is 5.56 Å². The average molecular weight is 333 g/mol. The van der Waals surface area contributed by atoms with Gasteiger partial charge in [-0.2, -0.15) is 4.57 Å². The first-order chi connectivity index (χ1) is 12.1. The van der Waals surface area contributed by atoms with Crippen LogP contribution in [0.4, 0.5) is 4.39 Å². The van der Waals surface area contributed by atoms with Crippen molar-refractivity contribution in [2.45, 2.75) is 20.4 Å². The topological polar surface area (TPSA) is 29.9 Å². The fourth-order valence-electron chi connectivity index (χ4n) is 2.87. The normalized spacial score (nSPS) is 11.2. The highest BCUT2D eigenvalue weighted by Gasteiger charge is 2.14. The van der Waals surface area contributed by atoms with Gasteiger partial charge in [-0.05, 0) is 55.3 Å². The summed E-state index contributed by atoms with van der Waals surface area (Å²) in [4.78, 5) is 4.60. The van der Waals surface area contributed by atoms with Crippen LogP contribution in [0.2, 0.25) is 0 Å². The first-order valence-electron chi connectivity index (χ1n) is 8.21. The van der Waals surface area contributed by atoms with Gasteiger partial charge in [0.2, 0.25) is 5.89 Å². The van der Waals surface area contributed by atoms with Crippen molar-refractivity contribution in [2.24, 2.45) is 0 Å². The molecule has 0 aliphatic carbocycles. The summed E-state index contributed by atoms with van der Waals surface area (Å²) in [5, 5.41) is 0. The van der Waals surface area contributed by atoms with E-state index in [2.05, 4.69) is 18.8 Å². The molecule has 2 heterocycles. The third kappa shape index (κ3) is 3.03. The molecule has 2 aromatic heterocycles. The van der Waals surface area contributed by atoms with Gasteiger partial charge < -0.3 is 4.42 Å². The van der Waals surface area contributed by atoms with E-state index in [0.717, 1.165) is 16.7 Å². The van der Waals surface area contributed by atoms with E-state index in [9.17, 15) is 4.39 Å². The molecule has 0 N–H and O–H groups in total. The maximum absolute atomic E-state index is 13.9. The molecule has 4 aromatic rings. The van der Waals surface area contributed by atoms with Crippen molar-refractivity contribution in [3.8, 4) is 11.5 Å². The maximum Gasteiger partial charge on any atom is 0.233 e. The summed E-state index contributed by atoms with van der Waals surface area (Å²) in [7, 11) is 0. The molecule has 0 radical (unpaired) electrons. The van der Waals surface area contributed by atoms with Crippen molar-refractivity contribution >= 4 is 11.1 Å². The van der Waals surface area contributed by atoms with Crippen LogP contribution < -0.4 is 4.57 Å². The third-order valence-electron chi connectivity index (χ3n) is 4.42. The first-order valence-corrected chi connectivity index (χ1v) is 8.21. The van der Waals surface area contributed by atoms with Crippen LogP contribution in [0.3, 0.4) is 0 Å². The summed E-state index contributed by atoms with van der Waals surface area (Å²) >= 11 is 0. The minimum atomic E-state index is -0.201. The van der Waals surface area contributed by atoms with Crippen LogP contribution in [-0.4, -0.2) is 4.98 Å². The summed E-state index contributed by atoms with van der Waals surface area (Å²) in [6, 6.07) is 14.7. The van der Waals surface area contributed by atoms with Gasteiger partial charge in [-0.25, -0.2) is 9.37 Å². The standard InChI is InChI=1S/C21H18FN2O/c1-14-10-19-20(11-15(14)2)25-21(23-19)17-7-5-9-24(13-17)12-16-6-3-4-8-18(16)22/h3-11,13H,12H2,1-2H3/q+1. The average Bonchev–Trinajstić information content (AvgIpc) is 3.00. The number of hydrogen-bond donors (Lipinski definition) is 0. The van der Waals surface area contributed by atoms with Gasteiger partial charge in [0.25, 0.3) is 0 Å². The number of nitrogens with zero attached hydrogens (tertiary/aromatic N) is 2. The summed E-state index contributed by atoms with van der Waals surface area (Å²) in [5.74, 6) is 0.371. The minimum Gasteiger partial charge on any atom is -0.436 e. The molecule has 3 nitrogen and oxygen atoms in total. The highest BCUT2D eigenvalue weighted by atomic mass is 19.1. The van der Waals surface area contributed by atoms with Crippen LogP contribution >= 0.6 is 0 Å². The Hall–Kier alpha value is -3.01. The van der Waals surface area contributed by atoms with E-state index in [1.54, 1.807) is 12.1 Å². The van der Waals surface area contributed by atoms with Gasteiger partial charge in [0.15, 0.2) is 24.5 Å². The molecule has 0 spiro atoms. The molecule has 0 saturated carbocycles. The van der Waals surface area contributed by atoms with E-state index in [1.807, 2.05) is 47.3 Å². The second-order valence-corrected chi connectivity index (χ2v) is 6.28. The maximum atomic E-state index is 13.9. The lowest BCUT2D eigenvalue weighted by atomic mass is 10.1. The SMILES string of the molecule is Cc1cc2nc(-c3ccc[n+](Cc4ccccc4F)c3)oc2cc1C. The lowest BCUT2D eigenvalue weighted by Gasteiger charge is -2.00. The Kier molecular flexibility index (Phi) is 3.80. The van der Waals surface area contributed by atoms with Gasteiger partial charge in [0, 0.05) is 6.07 Å². The number of rotatable bonds is 3. The molecule has 4 rings (SSSR count). The van der Waals surface area contributed by atoms with Crippen molar-refractivity contribution in [3.63, 3.8) is 0 Å². The second-order valence-electron chi connectivity index (χ2n) is 6.28. The fourth-order valence-corrected chi connectivity index (χ4v) is 2.87. The van der Waals surface area contributed by atoms with Crippen LogP contribution in [0.15, 0.2) is 65.3 Å². The van der Waals surface area contributed by atoms with Gasteiger partial charge in [0.1, 0.15) is 16.9 Å². The summed E-state index contributed by atoms with van der Waals surface area (Å²) < 4.78 is 21.7. The number of benzene rings is 2. The Morgan fingerprint density at radius 2 is 1.84 bits per heavy atom. The number of pyridine rings is 1. The minimum absolute atomic E-state index is 0.201. The van der Waals surface area contributed by atoms with E-state index in [0.29, 0.717) is 18.0 Å². The zero-order valence-corrected chi connectivity index (χ0v) is 14.2. The molecule has 25 heavy (non-hydrogen) atoms. The van der Waals surface area contributed by atoms with E-state index in [-0.39, 0.29) is 5.82 Å². The van der Waals surface area contributed by atoms with E-state index < -0.39 is 0 Å². The van der Waals surface area contributed by atoms with Crippen LogP contribution in [0.5, 0.6) is 0 Å². The monoisotopic (exact) mass is 333 g/mol. The van der Waals surface area contributed by atoms with Gasteiger partial charge in [-0.15, -0.1) is 0 Å². The molecule has 0 aliphatic rings. The molecular weight excluding hydrogens is 315 g/mol. The third-order valence-corrected chi connectivity index (χ3v) is 4.42. The quantitative estimate of drug-likeness (QED) is 0.513. The van der Waals surface area contributed by atoms with Crippen molar-refractivity contribution in [1.82, 2.24) is 4.98 Å².